The van der Waals surface area contributed by atoms with Crippen LogP contribution in [0.25, 0.3) is 22.1 Å². The van der Waals surface area contributed by atoms with Crippen molar-refractivity contribution in [1.82, 2.24) is 19.1 Å². The van der Waals surface area contributed by atoms with Gasteiger partial charge >= 0.3 is 0 Å². The molecule has 2 saturated carbocycles. The van der Waals surface area contributed by atoms with E-state index in [1.165, 1.54) is 70.4 Å². The van der Waals surface area contributed by atoms with Crippen molar-refractivity contribution in [3.63, 3.8) is 0 Å². The molecule has 4 aromatic rings. The highest BCUT2D eigenvalue weighted by Gasteiger charge is 2.17. The lowest BCUT2D eigenvalue weighted by Gasteiger charge is -2.22. The molecule has 2 fully saturated rings. The van der Waals surface area contributed by atoms with Crippen LogP contribution in [0.15, 0.2) is 49.1 Å². The Bertz CT molecular complexity index is 1310. The quantitative estimate of drug-likeness (QED) is 0.248. The fourth-order valence-electron chi connectivity index (χ4n) is 5.85. The van der Waals surface area contributed by atoms with E-state index in [2.05, 4.69) is 31.4 Å². The third-order valence-electron chi connectivity index (χ3n) is 7.78. The van der Waals surface area contributed by atoms with Gasteiger partial charge in [0.25, 0.3) is 5.69 Å². The summed E-state index contributed by atoms with van der Waals surface area (Å²) in [6, 6.07) is 7.62. The molecule has 190 valence electrons. The smallest absolute Gasteiger partial charge is 0.288 e. The summed E-state index contributed by atoms with van der Waals surface area (Å²) in [5, 5.41) is 12.7. The molecular formula is C28H36N6O2. The van der Waals surface area contributed by atoms with Crippen LogP contribution in [0.5, 0.6) is 0 Å². The van der Waals surface area contributed by atoms with Crippen molar-refractivity contribution in [1.29, 1.82) is 0 Å². The second-order valence-electron chi connectivity index (χ2n) is 10.5. The van der Waals surface area contributed by atoms with Gasteiger partial charge in [0.1, 0.15) is 17.5 Å². The molecule has 0 unspecified atom stereocenters. The lowest BCUT2D eigenvalue weighted by atomic mass is 9.89. The van der Waals surface area contributed by atoms with Crippen LogP contribution in [0.3, 0.4) is 0 Å². The Labute approximate surface area is 211 Å². The number of hydrogen-bond donors (Lipinski definition) is 1. The molecule has 6 rings (SSSR count). The molecule has 8 nitrogen and oxygen atoms in total. The number of aromatic nitrogens is 4. The summed E-state index contributed by atoms with van der Waals surface area (Å²) in [4.78, 5) is 19.0. The predicted molar refractivity (Wildman–Crippen MR) is 144 cm³/mol. The zero-order valence-electron chi connectivity index (χ0n) is 20.9. The number of nitrogens with two attached hydrogens (primary N) is 1. The lowest BCUT2D eigenvalue weighted by molar-refractivity contribution is -0.385. The highest BCUT2D eigenvalue weighted by atomic mass is 16.6. The first-order valence-electron chi connectivity index (χ1n) is 13.4. The van der Waals surface area contributed by atoms with Gasteiger partial charge in [-0.2, -0.15) is 0 Å². The third kappa shape index (κ3) is 5.69. The van der Waals surface area contributed by atoms with Crippen LogP contribution in [0.1, 0.15) is 64.2 Å². The molecule has 2 aliphatic carbocycles. The normalized spacial score (nSPS) is 17.2. The van der Waals surface area contributed by atoms with Gasteiger partial charge in [-0.1, -0.05) is 38.5 Å². The Morgan fingerprint density at radius 1 is 0.806 bits per heavy atom. The molecule has 0 spiro atoms. The second kappa shape index (κ2) is 11.1. The molecule has 2 aliphatic rings. The van der Waals surface area contributed by atoms with Gasteiger partial charge in [-0.25, -0.2) is 9.97 Å². The summed E-state index contributed by atoms with van der Waals surface area (Å²) in [6.07, 6.45) is 20.7. The molecule has 4 aromatic heterocycles. The summed E-state index contributed by atoms with van der Waals surface area (Å²) in [6.45, 7) is 2.09. The summed E-state index contributed by atoms with van der Waals surface area (Å²) in [7, 11) is 0. The van der Waals surface area contributed by atoms with Gasteiger partial charge < -0.3 is 14.9 Å². The van der Waals surface area contributed by atoms with Crippen LogP contribution in [0.2, 0.25) is 0 Å². The predicted octanol–water partition coefficient (Wildman–Crippen LogP) is 6.72. The van der Waals surface area contributed by atoms with E-state index in [0.717, 1.165) is 52.7 Å². The average Bonchev–Trinajstić information content (AvgIpc) is 3.49. The highest BCUT2D eigenvalue weighted by Crippen LogP contribution is 2.28. The van der Waals surface area contributed by atoms with Gasteiger partial charge in [0, 0.05) is 42.3 Å². The molecule has 4 heterocycles. The SMILES string of the molecule is Nc1cnc2c(ccn2CC2CCCCC2)c1.O=[N+]([O-])c1cnc2c(ccn2CC2CCCCC2)c1. The fourth-order valence-corrected chi connectivity index (χ4v) is 5.85. The van der Waals surface area contributed by atoms with E-state index in [0.29, 0.717) is 0 Å². The van der Waals surface area contributed by atoms with Crippen LogP contribution >= 0.6 is 0 Å². The maximum absolute atomic E-state index is 10.7. The largest absolute Gasteiger partial charge is 0.397 e. The average molecular weight is 489 g/mol. The van der Waals surface area contributed by atoms with E-state index in [4.69, 9.17) is 5.73 Å². The maximum Gasteiger partial charge on any atom is 0.288 e. The van der Waals surface area contributed by atoms with E-state index in [-0.39, 0.29) is 5.69 Å². The number of anilines is 1. The minimum Gasteiger partial charge on any atom is -0.397 e. The maximum atomic E-state index is 10.7. The third-order valence-corrected chi connectivity index (χ3v) is 7.78. The van der Waals surface area contributed by atoms with Crippen molar-refractivity contribution < 1.29 is 4.92 Å². The van der Waals surface area contributed by atoms with Crippen LogP contribution in [0, 0.1) is 22.0 Å². The molecule has 0 bridgehead atoms. The van der Waals surface area contributed by atoms with E-state index in [1.807, 2.05) is 18.3 Å². The molecule has 0 amide bonds. The minimum absolute atomic E-state index is 0.0583. The van der Waals surface area contributed by atoms with Gasteiger partial charge in [0.2, 0.25) is 0 Å². The summed E-state index contributed by atoms with van der Waals surface area (Å²) >= 11 is 0. The zero-order chi connectivity index (χ0) is 24.9. The molecule has 0 atom stereocenters. The molecule has 2 N–H and O–H groups in total. The zero-order valence-corrected chi connectivity index (χ0v) is 20.9. The Morgan fingerprint density at radius 2 is 1.31 bits per heavy atom. The Morgan fingerprint density at radius 3 is 1.83 bits per heavy atom. The van der Waals surface area contributed by atoms with Gasteiger partial charge in [-0.05, 0) is 55.7 Å². The Kier molecular flexibility index (Phi) is 7.49. The topological polar surface area (TPSA) is 105 Å². The van der Waals surface area contributed by atoms with Gasteiger partial charge in [-0.3, -0.25) is 10.1 Å². The molecule has 0 aliphatic heterocycles. The summed E-state index contributed by atoms with van der Waals surface area (Å²) in [5.74, 6) is 1.56. The Hall–Kier alpha value is -3.42. The lowest BCUT2D eigenvalue weighted by Crippen LogP contribution is -2.13. The van der Waals surface area contributed by atoms with Crippen molar-refractivity contribution in [3.8, 4) is 0 Å². The summed E-state index contributed by atoms with van der Waals surface area (Å²) in [5.41, 5.74) is 8.48. The van der Waals surface area contributed by atoms with Gasteiger partial charge in [0.15, 0.2) is 0 Å². The van der Waals surface area contributed by atoms with Gasteiger partial charge in [0.05, 0.1) is 16.8 Å². The van der Waals surface area contributed by atoms with E-state index in [9.17, 15) is 10.1 Å². The van der Waals surface area contributed by atoms with Crippen molar-refractivity contribution in [2.24, 2.45) is 11.8 Å². The highest BCUT2D eigenvalue weighted by molar-refractivity contribution is 5.79. The number of hydrogen-bond acceptors (Lipinski definition) is 5. The van der Waals surface area contributed by atoms with E-state index >= 15 is 0 Å². The number of nitrogen functional groups attached to an aromatic ring is 1. The number of rotatable bonds is 5. The molecule has 36 heavy (non-hydrogen) atoms. The minimum atomic E-state index is -0.398. The molecule has 0 saturated heterocycles. The monoisotopic (exact) mass is 488 g/mol. The molecule has 0 radical (unpaired) electrons. The van der Waals surface area contributed by atoms with Crippen molar-refractivity contribution >= 4 is 33.4 Å². The number of pyridine rings is 2. The van der Waals surface area contributed by atoms with E-state index < -0.39 is 4.92 Å². The van der Waals surface area contributed by atoms with Crippen LogP contribution < -0.4 is 5.73 Å². The van der Waals surface area contributed by atoms with Crippen LogP contribution in [0.4, 0.5) is 11.4 Å². The first kappa shape index (κ1) is 24.3. The second-order valence-corrected chi connectivity index (χ2v) is 10.5. The van der Waals surface area contributed by atoms with E-state index in [1.54, 1.807) is 12.3 Å². The standard InChI is InChI=1S/C14H17N3O2.C14H19N3/c18-17(19)13-8-12-6-7-16(14(12)15-9-13)10-11-4-2-1-3-5-11;15-13-8-12-6-7-17(14(12)16-9-13)10-11-4-2-1-3-5-11/h6-9,11H,1-5,10H2;6-9,11H,1-5,10,15H2. The number of fused-ring (bicyclic) bond motifs is 2. The van der Waals surface area contributed by atoms with Crippen molar-refractivity contribution in [2.45, 2.75) is 77.3 Å². The molecule has 8 heteroatoms. The summed E-state index contributed by atoms with van der Waals surface area (Å²) < 4.78 is 4.42. The van der Waals surface area contributed by atoms with Crippen LogP contribution in [-0.2, 0) is 13.1 Å². The van der Waals surface area contributed by atoms with Crippen molar-refractivity contribution in [3.05, 3.63) is 59.2 Å². The first-order chi connectivity index (χ1) is 17.6. The number of nitrogens with zero attached hydrogens (tertiary/aromatic N) is 5. The fraction of sp³-hybridized carbons (Fsp3) is 0.500. The first-order valence-corrected chi connectivity index (χ1v) is 13.4. The van der Waals surface area contributed by atoms with Crippen LogP contribution in [-0.4, -0.2) is 24.0 Å². The molecule has 0 aromatic carbocycles. The Balaban J connectivity index is 0.000000149. The van der Waals surface area contributed by atoms with Crippen molar-refractivity contribution in [2.75, 3.05) is 5.73 Å². The number of nitro groups is 1. The van der Waals surface area contributed by atoms with Gasteiger partial charge in [-0.15, -0.1) is 0 Å². The molecular weight excluding hydrogens is 452 g/mol.